The van der Waals surface area contributed by atoms with Gasteiger partial charge in [0.15, 0.2) is 5.03 Å². The minimum atomic E-state index is -3.58. The van der Waals surface area contributed by atoms with Crippen molar-refractivity contribution in [2.75, 3.05) is 13.1 Å². The van der Waals surface area contributed by atoms with E-state index in [0.29, 0.717) is 18.1 Å². The Kier molecular flexibility index (Phi) is 5.45. The van der Waals surface area contributed by atoms with Crippen LogP contribution >= 0.6 is 12.2 Å². The fraction of sp³-hybridized carbons (Fsp3) is 0.636. The van der Waals surface area contributed by atoms with Gasteiger partial charge in [0.1, 0.15) is 0 Å². The van der Waals surface area contributed by atoms with Crippen molar-refractivity contribution in [1.82, 2.24) is 13.9 Å². The molecule has 0 spiro atoms. The maximum Gasteiger partial charge on any atom is 0.262 e. The highest BCUT2D eigenvalue weighted by Gasteiger charge is 2.27. The van der Waals surface area contributed by atoms with E-state index in [-0.39, 0.29) is 17.5 Å². The second-order valence-electron chi connectivity index (χ2n) is 4.30. The summed E-state index contributed by atoms with van der Waals surface area (Å²) in [6.07, 6.45) is 3.04. The minimum Gasteiger partial charge on any atom is -0.393 e. The lowest BCUT2D eigenvalue weighted by atomic mass is 10.2. The predicted molar refractivity (Wildman–Crippen MR) is 78.3 cm³/mol. The number of imidazole rings is 1. The first kappa shape index (κ1) is 16.1. The smallest absolute Gasteiger partial charge is 0.262 e. The van der Waals surface area contributed by atoms with Crippen LogP contribution in [0.25, 0.3) is 0 Å². The molecule has 0 aliphatic heterocycles. The summed E-state index contributed by atoms with van der Waals surface area (Å²) >= 11 is 4.88. The predicted octanol–water partition coefficient (Wildman–Crippen LogP) is 0.836. The van der Waals surface area contributed by atoms with Crippen molar-refractivity contribution in [3.05, 3.63) is 12.5 Å². The van der Waals surface area contributed by atoms with Crippen LogP contribution in [0, 0.1) is 5.92 Å². The van der Waals surface area contributed by atoms with Gasteiger partial charge in [0.25, 0.3) is 10.0 Å². The lowest BCUT2D eigenvalue weighted by Gasteiger charge is -2.22. The Morgan fingerprint density at radius 2 is 2.21 bits per heavy atom. The lowest BCUT2D eigenvalue weighted by Crippen LogP contribution is -2.38. The lowest BCUT2D eigenvalue weighted by molar-refractivity contribution is 0.403. The van der Waals surface area contributed by atoms with Gasteiger partial charge in [-0.1, -0.05) is 26.1 Å². The topological polar surface area (TPSA) is 81.2 Å². The van der Waals surface area contributed by atoms with Crippen molar-refractivity contribution in [1.29, 1.82) is 0 Å². The molecule has 0 radical (unpaired) electrons. The molecule has 0 bridgehead atoms. The third-order valence-corrected chi connectivity index (χ3v) is 5.12. The Morgan fingerprint density at radius 1 is 1.58 bits per heavy atom. The van der Waals surface area contributed by atoms with Crippen LogP contribution in [0.4, 0.5) is 0 Å². The summed E-state index contributed by atoms with van der Waals surface area (Å²) in [5, 5.41) is 0.0614. The average Bonchev–Trinajstić information content (AvgIpc) is 2.84. The second-order valence-corrected chi connectivity index (χ2v) is 6.66. The molecule has 0 aliphatic carbocycles. The van der Waals surface area contributed by atoms with Gasteiger partial charge in [-0.05, 0) is 6.92 Å². The number of thiocarbonyl (C=S) groups is 1. The van der Waals surface area contributed by atoms with E-state index in [1.54, 1.807) is 11.5 Å². The zero-order valence-electron chi connectivity index (χ0n) is 11.4. The normalized spacial score (nSPS) is 13.7. The number of aryl methyl sites for hydroxylation is 1. The first-order chi connectivity index (χ1) is 8.82. The first-order valence-corrected chi connectivity index (χ1v) is 7.99. The third-order valence-electron chi connectivity index (χ3n) is 2.89. The molecule has 0 saturated heterocycles. The number of rotatable bonds is 7. The average molecular weight is 304 g/mol. The van der Waals surface area contributed by atoms with Crippen LogP contribution in [0.15, 0.2) is 17.6 Å². The van der Waals surface area contributed by atoms with Gasteiger partial charge in [0.05, 0.1) is 11.3 Å². The molecule has 1 aromatic rings. The molecular formula is C11H20N4O2S2. The van der Waals surface area contributed by atoms with Gasteiger partial charge in [0, 0.05) is 31.7 Å². The number of hydrogen-bond acceptors (Lipinski definition) is 4. The Balaban J connectivity index is 2.98. The summed E-state index contributed by atoms with van der Waals surface area (Å²) in [6.45, 7) is 6.82. The SMILES string of the molecule is CCN(CC(C)C(N)=S)S(=O)(=O)c1cn(CC)cn1. The Labute approximate surface area is 119 Å². The highest BCUT2D eigenvalue weighted by atomic mass is 32.2. The number of hydrogen-bond donors (Lipinski definition) is 1. The zero-order valence-corrected chi connectivity index (χ0v) is 13.0. The fourth-order valence-electron chi connectivity index (χ4n) is 1.57. The summed E-state index contributed by atoms with van der Waals surface area (Å²) in [6, 6.07) is 0. The Bertz CT molecular complexity index is 539. The Hall–Kier alpha value is -0.990. The maximum atomic E-state index is 12.4. The number of aromatic nitrogens is 2. The number of nitrogens with two attached hydrogens (primary N) is 1. The summed E-state index contributed by atoms with van der Waals surface area (Å²) < 4.78 is 27.9. The van der Waals surface area contributed by atoms with Crippen LogP contribution in [0.1, 0.15) is 20.8 Å². The van der Waals surface area contributed by atoms with Gasteiger partial charge in [-0.3, -0.25) is 0 Å². The molecule has 19 heavy (non-hydrogen) atoms. The van der Waals surface area contributed by atoms with Crippen LogP contribution in [-0.2, 0) is 16.6 Å². The van der Waals surface area contributed by atoms with Gasteiger partial charge in [0.2, 0.25) is 0 Å². The van der Waals surface area contributed by atoms with Crippen molar-refractivity contribution in [3.63, 3.8) is 0 Å². The van der Waals surface area contributed by atoms with Gasteiger partial charge >= 0.3 is 0 Å². The standard InChI is InChI=1S/C11H20N4O2S2/c1-4-14-7-10(13-8-14)19(16,17)15(5-2)6-9(3)11(12)18/h7-9H,4-6H2,1-3H3,(H2,12,18). The van der Waals surface area contributed by atoms with Crippen LogP contribution in [0.2, 0.25) is 0 Å². The highest BCUT2D eigenvalue weighted by molar-refractivity contribution is 7.89. The van der Waals surface area contributed by atoms with E-state index < -0.39 is 10.0 Å². The van der Waals surface area contributed by atoms with Crippen LogP contribution in [0.3, 0.4) is 0 Å². The van der Waals surface area contributed by atoms with Crippen molar-refractivity contribution in [2.45, 2.75) is 32.3 Å². The molecule has 1 heterocycles. The molecule has 0 amide bonds. The molecule has 108 valence electrons. The largest absolute Gasteiger partial charge is 0.393 e. The van der Waals surface area contributed by atoms with E-state index in [9.17, 15) is 8.42 Å². The molecule has 1 rings (SSSR count). The van der Waals surface area contributed by atoms with E-state index >= 15 is 0 Å². The van der Waals surface area contributed by atoms with E-state index in [2.05, 4.69) is 4.98 Å². The van der Waals surface area contributed by atoms with Crippen molar-refractivity contribution in [2.24, 2.45) is 11.7 Å². The van der Waals surface area contributed by atoms with E-state index in [0.717, 1.165) is 0 Å². The molecule has 2 N–H and O–H groups in total. The molecular weight excluding hydrogens is 284 g/mol. The maximum absolute atomic E-state index is 12.4. The molecule has 6 nitrogen and oxygen atoms in total. The highest BCUT2D eigenvalue weighted by Crippen LogP contribution is 2.15. The molecule has 1 atom stereocenters. The quantitative estimate of drug-likeness (QED) is 0.755. The molecule has 0 fully saturated rings. The molecule has 0 aliphatic rings. The van der Waals surface area contributed by atoms with Crippen LogP contribution < -0.4 is 5.73 Å². The fourth-order valence-corrected chi connectivity index (χ4v) is 3.12. The van der Waals surface area contributed by atoms with E-state index in [1.165, 1.54) is 16.8 Å². The molecule has 1 unspecified atom stereocenters. The summed E-state index contributed by atoms with van der Waals surface area (Å²) in [4.78, 5) is 4.26. The molecule has 0 saturated carbocycles. The summed E-state index contributed by atoms with van der Waals surface area (Å²) in [7, 11) is -3.58. The second kappa shape index (κ2) is 6.44. The van der Waals surface area contributed by atoms with Gasteiger partial charge in [-0.2, -0.15) is 4.31 Å². The molecule has 0 aromatic carbocycles. The van der Waals surface area contributed by atoms with Gasteiger partial charge in [-0.15, -0.1) is 0 Å². The van der Waals surface area contributed by atoms with Crippen molar-refractivity contribution < 1.29 is 8.42 Å². The summed E-state index contributed by atoms with van der Waals surface area (Å²) in [5.41, 5.74) is 5.54. The molecule has 1 aromatic heterocycles. The Morgan fingerprint density at radius 3 is 2.63 bits per heavy atom. The zero-order chi connectivity index (χ0) is 14.6. The van der Waals surface area contributed by atoms with Crippen molar-refractivity contribution >= 4 is 27.2 Å². The van der Waals surface area contributed by atoms with Crippen LogP contribution in [0.5, 0.6) is 0 Å². The number of sulfonamides is 1. The molecule has 8 heteroatoms. The van der Waals surface area contributed by atoms with Gasteiger partial charge in [-0.25, -0.2) is 13.4 Å². The van der Waals surface area contributed by atoms with Crippen molar-refractivity contribution in [3.8, 4) is 0 Å². The van der Waals surface area contributed by atoms with E-state index in [1.807, 2.05) is 13.8 Å². The van der Waals surface area contributed by atoms with Crippen LogP contribution in [-0.4, -0.2) is 40.4 Å². The van der Waals surface area contributed by atoms with Gasteiger partial charge < -0.3 is 10.3 Å². The summed E-state index contributed by atoms with van der Waals surface area (Å²) in [5.74, 6) is -0.169. The monoisotopic (exact) mass is 304 g/mol. The van der Waals surface area contributed by atoms with E-state index in [4.69, 9.17) is 18.0 Å². The third kappa shape index (κ3) is 3.74. The minimum absolute atomic E-state index is 0.0614. The first-order valence-electron chi connectivity index (χ1n) is 6.14. The number of nitrogens with zero attached hydrogens (tertiary/aromatic N) is 3.